The van der Waals surface area contributed by atoms with Crippen LogP contribution in [0.5, 0.6) is 0 Å². The van der Waals surface area contributed by atoms with Gasteiger partial charge in [0.2, 0.25) is 17.6 Å². The van der Waals surface area contributed by atoms with Gasteiger partial charge in [0.25, 0.3) is 0 Å². The maximum Gasteiger partial charge on any atom is 0.246 e. The minimum absolute atomic E-state index is 0.152. The zero-order valence-corrected chi connectivity index (χ0v) is 13.7. The second kappa shape index (κ2) is 8.17. The smallest absolute Gasteiger partial charge is 0.246 e. The van der Waals surface area contributed by atoms with Gasteiger partial charge in [-0.1, -0.05) is 28.9 Å². The third-order valence-electron chi connectivity index (χ3n) is 2.93. The number of carbonyl (C=O) groups is 1. The van der Waals surface area contributed by atoms with Crippen LogP contribution in [0.2, 0.25) is 5.02 Å². The van der Waals surface area contributed by atoms with Crippen LogP contribution < -0.4 is 11.1 Å². The van der Waals surface area contributed by atoms with Gasteiger partial charge in [-0.2, -0.15) is 16.7 Å². The largest absolute Gasteiger partial charge is 0.346 e. The molecule has 1 aromatic heterocycles. The fourth-order valence-electron chi connectivity index (χ4n) is 1.74. The van der Waals surface area contributed by atoms with Gasteiger partial charge in [-0.05, 0) is 30.6 Å². The lowest BCUT2D eigenvalue weighted by molar-refractivity contribution is -0.122. The molecule has 6 nitrogen and oxygen atoms in total. The van der Waals surface area contributed by atoms with Gasteiger partial charge in [0.15, 0.2) is 0 Å². The quantitative estimate of drug-likeness (QED) is 0.801. The van der Waals surface area contributed by atoms with Crippen molar-refractivity contribution in [1.29, 1.82) is 0 Å². The normalized spacial score (nSPS) is 12.1. The predicted octanol–water partition coefficient (Wildman–Crippen LogP) is 2.09. The average molecular weight is 341 g/mol. The summed E-state index contributed by atoms with van der Waals surface area (Å²) in [5, 5.41) is 7.15. The standard InChI is InChI=1S/C14H17ClN4O2S/c1-22-6-5-11(16)14(20)17-8-12-18-13(19-21-12)9-3-2-4-10(15)7-9/h2-4,7,11H,5-6,8,16H2,1H3,(H,17,20)/t11-/m0/s1. The van der Waals surface area contributed by atoms with Crippen LogP contribution in [0.25, 0.3) is 11.4 Å². The Morgan fingerprint density at radius 1 is 1.55 bits per heavy atom. The Morgan fingerprint density at radius 3 is 3.09 bits per heavy atom. The molecule has 0 fully saturated rings. The number of rotatable bonds is 7. The summed E-state index contributed by atoms with van der Waals surface area (Å²) < 4.78 is 5.11. The fourth-order valence-corrected chi connectivity index (χ4v) is 2.42. The van der Waals surface area contributed by atoms with E-state index >= 15 is 0 Å². The highest BCUT2D eigenvalue weighted by Crippen LogP contribution is 2.19. The molecular weight excluding hydrogens is 324 g/mol. The number of nitrogens with zero attached hydrogens (tertiary/aromatic N) is 2. The maximum atomic E-state index is 11.8. The first-order valence-electron chi connectivity index (χ1n) is 6.71. The lowest BCUT2D eigenvalue weighted by atomic mass is 10.2. The number of nitrogens with one attached hydrogen (secondary N) is 1. The molecule has 0 aliphatic carbocycles. The molecular formula is C14H17ClN4O2S. The second-order valence-electron chi connectivity index (χ2n) is 4.63. The van der Waals surface area contributed by atoms with Crippen molar-refractivity contribution in [3.05, 3.63) is 35.2 Å². The zero-order chi connectivity index (χ0) is 15.9. The van der Waals surface area contributed by atoms with Crippen molar-refractivity contribution >= 4 is 29.3 Å². The lowest BCUT2D eigenvalue weighted by Crippen LogP contribution is -2.40. The van der Waals surface area contributed by atoms with Crippen LogP contribution in [-0.2, 0) is 11.3 Å². The second-order valence-corrected chi connectivity index (χ2v) is 6.05. The van der Waals surface area contributed by atoms with Gasteiger partial charge >= 0.3 is 0 Å². The van der Waals surface area contributed by atoms with Gasteiger partial charge in [-0.15, -0.1) is 0 Å². The monoisotopic (exact) mass is 340 g/mol. The third kappa shape index (κ3) is 4.72. The average Bonchev–Trinajstić information content (AvgIpc) is 2.99. The van der Waals surface area contributed by atoms with E-state index in [1.165, 1.54) is 0 Å². The number of thioether (sulfide) groups is 1. The molecule has 8 heteroatoms. The highest BCUT2D eigenvalue weighted by atomic mass is 35.5. The van der Waals surface area contributed by atoms with E-state index in [4.69, 9.17) is 21.9 Å². The van der Waals surface area contributed by atoms with E-state index in [1.807, 2.05) is 12.3 Å². The Bertz CT molecular complexity index is 635. The van der Waals surface area contributed by atoms with Crippen molar-refractivity contribution in [1.82, 2.24) is 15.5 Å². The van der Waals surface area contributed by atoms with Crippen LogP contribution in [0.3, 0.4) is 0 Å². The first kappa shape index (κ1) is 16.8. The molecule has 1 aromatic carbocycles. The van der Waals surface area contributed by atoms with E-state index in [9.17, 15) is 4.79 Å². The number of carbonyl (C=O) groups excluding carboxylic acids is 1. The SMILES string of the molecule is CSCC[C@H](N)C(=O)NCc1nc(-c2cccc(Cl)c2)no1. The van der Waals surface area contributed by atoms with Gasteiger partial charge in [0.1, 0.15) is 0 Å². The minimum atomic E-state index is -0.525. The van der Waals surface area contributed by atoms with Crippen LogP contribution in [0, 0.1) is 0 Å². The highest BCUT2D eigenvalue weighted by Gasteiger charge is 2.14. The highest BCUT2D eigenvalue weighted by molar-refractivity contribution is 7.98. The molecule has 0 bridgehead atoms. The Kier molecular flexibility index (Phi) is 6.23. The van der Waals surface area contributed by atoms with Crippen LogP contribution in [0.15, 0.2) is 28.8 Å². The van der Waals surface area contributed by atoms with Gasteiger partial charge in [0, 0.05) is 10.6 Å². The van der Waals surface area contributed by atoms with Crippen LogP contribution in [-0.4, -0.2) is 34.1 Å². The van der Waals surface area contributed by atoms with Crippen LogP contribution in [0.4, 0.5) is 0 Å². The number of halogens is 1. The zero-order valence-electron chi connectivity index (χ0n) is 12.1. The van der Waals surface area contributed by atoms with Gasteiger partial charge in [0.05, 0.1) is 12.6 Å². The van der Waals surface area contributed by atoms with E-state index < -0.39 is 6.04 Å². The number of hydrogen-bond acceptors (Lipinski definition) is 6. The van der Waals surface area contributed by atoms with Crippen LogP contribution >= 0.6 is 23.4 Å². The molecule has 1 atom stereocenters. The van der Waals surface area contributed by atoms with Crippen molar-refractivity contribution in [2.24, 2.45) is 5.73 Å². The van der Waals surface area contributed by atoms with Crippen LogP contribution in [0.1, 0.15) is 12.3 Å². The summed E-state index contributed by atoms with van der Waals surface area (Å²) in [6.45, 7) is 0.152. The number of benzene rings is 1. The van der Waals surface area contributed by atoms with E-state index in [2.05, 4.69) is 15.5 Å². The van der Waals surface area contributed by atoms with Crippen molar-refractivity contribution < 1.29 is 9.32 Å². The molecule has 118 valence electrons. The van der Waals surface area contributed by atoms with Crippen molar-refractivity contribution in [3.63, 3.8) is 0 Å². The van der Waals surface area contributed by atoms with Crippen molar-refractivity contribution in [3.8, 4) is 11.4 Å². The lowest BCUT2D eigenvalue weighted by Gasteiger charge is -2.09. The van der Waals surface area contributed by atoms with Gasteiger partial charge in [-0.3, -0.25) is 4.79 Å². The summed E-state index contributed by atoms with van der Waals surface area (Å²) in [4.78, 5) is 16.0. The predicted molar refractivity (Wildman–Crippen MR) is 87.6 cm³/mol. The fraction of sp³-hybridized carbons (Fsp3) is 0.357. The van der Waals surface area contributed by atoms with E-state index in [1.54, 1.807) is 30.0 Å². The van der Waals surface area contributed by atoms with Crippen molar-refractivity contribution in [2.75, 3.05) is 12.0 Å². The molecule has 0 aliphatic rings. The number of hydrogen-bond donors (Lipinski definition) is 2. The molecule has 1 heterocycles. The summed E-state index contributed by atoms with van der Waals surface area (Å²) >= 11 is 7.57. The van der Waals surface area contributed by atoms with Gasteiger partial charge in [-0.25, -0.2) is 0 Å². The molecule has 2 aromatic rings. The summed E-state index contributed by atoms with van der Waals surface area (Å²) in [7, 11) is 0. The Morgan fingerprint density at radius 2 is 2.36 bits per heavy atom. The molecule has 0 saturated heterocycles. The molecule has 0 radical (unpaired) electrons. The summed E-state index contributed by atoms with van der Waals surface area (Å²) in [5.74, 6) is 1.36. The summed E-state index contributed by atoms with van der Waals surface area (Å²) in [6.07, 6.45) is 2.60. The van der Waals surface area contributed by atoms with E-state index in [0.717, 1.165) is 11.3 Å². The summed E-state index contributed by atoms with van der Waals surface area (Å²) in [6, 6.07) is 6.62. The molecule has 0 unspecified atom stereocenters. The van der Waals surface area contributed by atoms with Gasteiger partial charge < -0.3 is 15.6 Å². The number of nitrogens with two attached hydrogens (primary N) is 1. The van der Waals surface area contributed by atoms with E-state index in [-0.39, 0.29) is 12.5 Å². The third-order valence-corrected chi connectivity index (χ3v) is 3.81. The molecule has 2 rings (SSSR count). The molecule has 3 N–H and O–H groups in total. The topological polar surface area (TPSA) is 94.0 Å². The Hall–Kier alpha value is -1.57. The molecule has 22 heavy (non-hydrogen) atoms. The maximum absolute atomic E-state index is 11.8. The molecule has 0 spiro atoms. The Labute approximate surface area is 137 Å². The number of aromatic nitrogens is 2. The Balaban J connectivity index is 1.91. The first-order valence-corrected chi connectivity index (χ1v) is 8.48. The first-order chi connectivity index (χ1) is 10.6. The molecule has 0 aliphatic heterocycles. The molecule has 0 saturated carbocycles. The number of amides is 1. The van der Waals surface area contributed by atoms with Crippen molar-refractivity contribution in [2.45, 2.75) is 19.0 Å². The molecule has 1 amide bonds. The van der Waals surface area contributed by atoms with E-state index in [0.29, 0.717) is 23.2 Å². The summed E-state index contributed by atoms with van der Waals surface area (Å²) in [5.41, 5.74) is 6.53. The minimum Gasteiger partial charge on any atom is -0.346 e.